The fourth-order valence-electron chi connectivity index (χ4n) is 3.80. The molecule has 0 aromatic carbocycles. The molecule has 3 nitrogen and oxygen atoms in total. The molecule has 2 aliphatic rings. The van der Waals surface area contributed by atoms with Crippen LogP contribution in [0.3, 0.4) is 0 Å². The van der Waals surface area contributed by atoms with Gasteiger partial charge in [0.15, 0.2) is 0 Å². The molecule has 1 aromatic rings. The van der Waals surface area contributed by atoms with Crippen LogP contribution < -0.4 is 5.32 Å². The lowest BCUT2D eigenvalue weighted by molar-refractivity contribution is 0.271. The Morgan fingerprint density at radius 3 is 2.85 bits per heavy atom. The fraction of sp³-hybridized carbons (Fsp3) is 0.706. The average Bonchev–Trinajstić information content (AvgIpc) is 2.97. The topological polar surface area (TPSA) is 28.2 Å². The zero-order valence-corrected chi connectivity index (χ0v) is 12.6. The molecule has 1 aliphatic carbocycles. The van der Waals surface area contributed by atoms with Gasteiger partial charge in [-0.1, -0.05) is 32.3 Å². The molecule has 3 rings (SSSR count). The summed E-state index contributed by atoms with van der Waals surface area (Å²) in [6.45, 7) is 4.64. The molecule has 1 aliphatic heterocycles. The highest BCUT2D eigenvalue weighted by Gasteiger charge is 2.27. The number of hydrogen-bond acceptors (Lipinski definition) is 3. The third-order valence-corrected chi connectivity index (χ3v) is 4.91. The van der Waals surface area contributed by atoms with Crippen LogP contribution in [0, 0.1) is 0 Å². The Kier molecular flexibility index (Phi) is 4.56. The smallest absolute Gasteiger partial charge is 0.130 e. The Morgan fingerprint density at radius 2 is 2.05 bits per heavy atom. The average molecular weight is 273 g/mol. The maximum Gasteiger partial charge on any atom is 0.130 e. The molecular formula is C17H27N3. The summed E-state index contributed by atoms with van der Waals surface area (Å²) in [5.74, 6) is 1.14. The molecule has 110 valence electrons. The van der Waals surface area contributed by atoms with E-state index >= 15 is 0 Å². The summed E-state index contributed by atoms with van der Waals surface area (Å²) in [6.07, 6.45) is 11.3. The van der Waals surface area contributed by atoms with Gasteiger partial charge in [0, 0.05) is 23.8 Å². The van der Waals surface area contributed by atoms with Crippen LogP contribution in [0.2, 0.25) is 0 Å². The largest absolute Gasteiger partial charge is 0.367 e. The first-order chi connectivity index (χ1) is 9.88. The van der Waals surface area contributed by atoms with E-state index in [-0.39, 0.29) is 0 Å². The van der Waals surface area contributed by atoms with E-state index in [0.29, 0.717) is 12.1 Å². The first kappa shape index (κ1) is 13.9. The second-order valence-corrected chi connectivity index (χ2v) is 6.21. The van der Waals surface area contributed by atoms with Crippen molar-refractivity contribution in [1.29, 1.82) is 0 Å². The number of aromatic nitrogens is 1. The molecule has 0 radical (unpaired) electrons. The molecule has 0 spiro atoms. The van der Waals surface area contributed by atoms with E-state index in [1.165, 1.54) is 57.1 Å². The summed E-state index contributed by atoms with van der Waals surface area (Å²) in [5, 5.41) is 3.73. The number of likely N-dealkylation sites (tertiary alicyclic amines) is 1. The Balaban J connectivity index is 1.77. The molecule has 1 saturated carbocycles. The molecule has 1 saturated heterocycles. The Bertz CT molecular complexity index is 426. The highest BCUT2D eigenvalue weighted by atomic mass is 15.2. The SMILES string of the molecule is CCN1CCC[C@@H]1c1cccnc1NC1CCCCC1. The number of pyridine rings is 1. The molecule has 1 N–H and O–H groups in total. The van der Waals surface area contributed by atoms with Crippen LogP contribution in [0.4, 0.5) is 5.82 Å². The van der Waals surface area contributed by atoms with Crippen molar-refractivity contribution in [3.63, 3.8) is 0 Å². The van der Waals surface area contributed by atoms with Gasteiger partial charge in [0.1, 0.15) is 5.82 Å². The Hall–Kier alpha value is -1.09. The molecule has 0 unspecified atom stereocenters. The lowest BCUT2D eigenvalue weighted by atomic mass is 9.95. The predicted octanol–water partition coefficient (Wildman–Crippen LogP) is 3.98. The highest BCUT2D eigenvalue weighted by Crippen LogP contribution is 2.35. The Labute approximate surface area is 122 Å². The lowest BCUT2D eigenvalue weighted by Gasteiger charge is -2.28. The minimum absolute atomic E-state index is 0.569. The van der Waals surface area contributed by atoms with Crippen molar-refractivity contribution in [3.05, 3.63) is 23.9 Å². The predicted molar refractivity (Wildman–Crippen MR) is 84.0 cm³/mol. The maximum absolute atomic E-state index is 4.65. The van der Waals surface area contributed by atoms with Gasteiger partial charge in [-0.2, -0.15) is 0 Å². The van der Waals surface area contributed by atoms with Crippen LogP contribution in [0.15, 0.2) is 18.3 Å². The number of nitrogens with zero attached hydrogens (tertiary/aromatic N) is 2. The summed E-state index contributed by atoms with van der Waals surface area (Å²) in [7, 11) is 0. The molecule has 0 bridgehead atoms. The number of nitrogens with one attached hydrogen (secondary N) is 1. The maximum atomic E-state index is 4.65. The van der Waals surface area contributed by atoms with Gasteiger partial charge in [-0.3, -0.25) is 4.90 Å². The van der Waals surface area contributed by atoms with Crippen molar-refractivity contribution in [2.75, 3.05) is 18.4 Å². The third kappa shape index (κ3) is 2.98. The second-order valence-electron chi connectivity index (χ2n) is 6.21. The van der Waals surface area contributed by atoms with Crippen LogP contribution >= 0.6 is 0 Å². The van der Waals surface area contributed by atoms with Gasteiger partial charge in [0.05, 0.1) is 0 Å². The summed E-state index contributed by atoms with van der Waals surface area (Å²) in [5.41, 5.74) is 1.41. The number of rotatable bonds is 4. The van der Waals surface area contributed by atoms with E-state index in [2.05, 4.69) is 34.3 Å². The van der Waals surface area contributed by atoms with E-state index in [1.54, 1.807) is 0 Å². The number of anilines is 1. The van der Waals surface area contributed by atoms with Gasteiger partial charge >= 0.3 is 0 Å². The first-order valence-corrected chi connectivity index (χ1v) is 8.34. The summed E-state index contributed by atoms with van der Waals surface area (Å²) in [4.78, 5) is 7.23. The zero-order valence-electron chi connectivity index (χ0n) is 12.6. The zero-order chi connectivity index (χ0) is 13.8. The van der Waals surface area contributed by atoms with Crippen molar-refractivity contribution in [3.8, 4) is 0 Å². The molecular weight excluding hydrogens is 246 g/mol. The van der Waals surface area contributed by atoms with Gasteiger partial charge in [-0.05, 0) is 44.8 Å². The van der Waals surface area contributed by atoms with Crippen LogP contribution in [-0.4, -0.2) is 29.0 Å². The first-order valence-electron chi connectivity index (χ1n) is 8.34. The van der Waals surface area contributed by atoms with Crippen molar-refractivity contribution in [2.45, 2.75) is 64.0 Å². The fourth-order valence-corrected chi connectivity index (χ4v) is 3.80. The van der Waals surface area contributed by atoms with E-state index in [9.17, 15) is 0 Å². The van der Waals surface area contributed by atoms with Crippen molar-refractivity contribution >= 4 is 5.82 Å². The standard InChI is InChI=1S/C17H27N3/c1-2-20-13-7-11-16(20)15-10-6-12-18-17(15)19-14-8-4-3-5-9-14/h6,10,12,14,16H,2-5,7-9,11,13H2,1H3,(H,18,19)/t16-/m1/s1. The number of hydrogen-bond donors (Lipinski definition) is 1. The van der Waals surface area contributed by atoms with E-state index < -0.39 is 0 Å². The third-order valence-electron chi connectivity index (χ3n) is 4.91. The molecule has 1 aromatic heterocycles. The summed E-state index contributed by atoms with van der Waals surface area (Å²) in [6, 6.07) is 5.57. The van der Waals surface area contributed by atoms with Crippen molar-refractivity contribution in [2.24, 2.45) is 0 Å². The normalized spacial score (nSPS) is 24.9. The summed E-state index contributed by atoms with van der Waals surface area (Å²) >= 11 is 0. The molecule has 1 atom stereocenters. The molecule has 20 heavy (non-hydrogen) atoms. The van der Waals surface area contributed by atoms with Gasteiger partial charge in [0.2, 0.25) is 0 Å². The monoisotopic (exact) mass is 273 g/mol. The molecule has 2 heterocycles. The van der Waals surface area contributed by atoms with E-state index in [4.69, 9.17) is 0 Å². The van der Waals surface area contributed by atoms with Crippen molar-refractivity contribution < 1.29 is 0 Å². The Morgan fingerprint density at radius 1 is 1.20 bits per heavy atom. The van der Waals surface area contributed by atoms with E-state index in [0.717, 1.165) is 12.4 Å². The quantitative estimate of drug-likeness (QED) is 0.899. The van der Waals surface area contributed by atoms with Crippen LogP contribution in [0.1, 0.15) is 63.5 Å². The van der Waals surface area contributed by atoms with Crippen LogP contribution in [0.25, 0.3) is 0 Å². The molecule has 3 heteroatoms. The minimum Gasteiger partial charge on any atom is -0.367 e. The second kappa shape index (κ2) is 6.57. The minimum atomic E-state index is 0.569. The highest BCUT2D eigenvalue weighted by molar-refractivity contribution is 5.47. The van der Waals surface area contributed by atoms with E-state index in [1.807, 2.05) is 6.20 Å². The van der Waals surface area contributed by atoms with Crippen LogP contribution in [-0.2, 0) is 0 Å². The molecule has 0 amide bonds. The van der Waals surface area contributed by atoms with Crippen molar-refractivity contribution in [1.82, 2.24) is 9.88 Å². The van der Waals surface area contributed by atoms with Crippen LogP contribution in [0.5, 0.6) is 0 Å². The lowest BCUT2D eigenvalue weighted by Crippen LogP contribution is -2.27. The van der Waals surface area contributed by atoms with Gasteiger partial charge in [-0.25, -0.2) is 4.98 Å². The van der Waals surface area contributed by atoms with Gasteiger partial charge in [-0.15, -0.1) is 0 Å². The molecule has 2 fully saturated rings. The summed E-state index contributed by atoms with van der Waals surface area (Å²) < 4.78 is 0. The van der Waals surface area contributed by atoms with Gasteiger partial charge in [0.25, 0.3) is 0 Å². The van der Waals surface area contributed by atoms with Gasteiger partial charge < -0.3 is 5.32 Å².